The van der Waals surface area contributed by atoms with Gasteiger partial charge in [-0.1, -0.05) is 20.3 Å². The number of amides is 2. The van der Waals surface area contributed by atoms with Crippen LogP contribution in [0.15, 0.2) is 0 Å². The lowest BCUT2D eigenvalue weighted by molar-refractivity contribution is -0.143. The summed E-state index contributed by atoms with van der Waals surface area (Å²) in [5, 5.41) is 31.1. The summed E-state index contributed by atoms with van der Waals surface area (Å²) in [5.41, 5.74) is 5.72. The summed E-state index contributed by atoms with van der Waals surface area (Å²) < 4.78 is 0. The molecule has 0 aliphatic rings. The predicted molar refractivity (Wildman–Crippen MR) is 82.9 cm³/mol. The second-order valence-corrected chi connectivity index (χ2v) is 5.49. The van der Waals surface area contributed by atoms with E-state index in [0.717, 1.165) is 0 Å². The van der Waals surface area contributed by atoms with E-state index in [9.17, 15) is 24.3 Å². The highest BCUT2D eigenvalue weighted by atomic mass is 16.4. The average Bonchev–Trinajstić information content (AvgIpc) is 2.53. The minimum Gasteiger partial charge on any atom is -0.481 e. The van der Waals surface area contributed by atoms with Gasteiger partial charge in [-0.15, -0.1) is 0 Å². The maximum absolute atomic E-state index is 12.0. The highest BCUT2D eigenvalue weighted by molar-refractivity contribution is 5.92. The van der Waals surface area contributed by atoms with Crippen LogP contribution >= 0.6 is 0 Å². The Morgan fingerprint density at radius 2 is 1.58 bits per heavy atom. The van der Waals surface area contributed by atoms with Crippen LogP contribution in [0.25, 0.3) is 0 Å². The summed E-state index contributed by atoms with van der Waals surface area (Å²) in [6.07, 6.45) is -0.137. The smallest absolute Gasteiger partial charge is 0.326 e. The number of aliphatic hydroxyl groups is 1. The number of rotatable bonds is 11. The maximum atomic E-state index is 12.0. The largest absolute Gasteiger partial charge is 0.481 e. The molecule has 0 aromatic carbocycles. The van der Waals surface area contributed by atoms with Crippen LogP contribution in [-0.4, -0.2) is 63.8 Å². The molecule has 0 aromatic heterocycles. The lowest BCUT2D eigenvalue weighted by atomic mass is 9.99. The third-order valence-corrected chi connectivity index (χ3v) is 3.64. The summed E-state index contributed by atoms with van der Waals surface area (Å²) in [6, 6.07) is -3.69. The Hall–Kier alpha value is -2.20. The molecule has 138 valence electrons. The molecule has 10 nitrogen and oxygen atoms in total. The van der Waals surface area contributed by atoms with Gasteiger partial charge in [0.15, 0.2) is 0 Å². The van der Waals surface area contributed by atoms with Crippen LogP contribution in [0.2, 0.25) is 0 Å². The first-order valence-electron chi connectivity index (χ1n) is 7.55. The lowest BCUT2D eigenvalue weighted by Crippen LogP contribution is -2.56. The molecule has 0 aliphatic carbocycles. The van der Waals surface area contributed by atoms with E-state index in [2.05, 4.69) is 10.6 Å². The van der Waals surface area contributed by atoms with E-state index in [-0.39, 0.29) is 12.3 Å². The molecule has 4 atom stereocenters. The van der Waals surface area contributed by atoms with Gasteiger partial charge >= 0.3 is 11.9 Å². The van der Waals surface area contributed by atoms with Crippen LogP contribution < -0.4 is 16.4 Å². The summed E-state index contributed by atoms with van der Waals surface area (Å²) >= 11 is 0. The number of aliphatic carboxylic acids is 2. The van der Waals surface area contributed by atoms with Crippen molar-refractivity contribution < 1.29 is 34.5 Å². The van der Waals surface area contributed by atoms with Crippen LogP contribution in [0.1, 0.15) is 33.1 Å². The van der Waals surface area contributed by atoms with Crippen LogP contribution in [0, 0.1) is 5.92 Å². The van der Waals surface area contributed by atoms with Gasteiger partial charge in [0.05, 0.1) is 12.6 Å². The minimum absolute atomic E-state index is 0.144. The molecule has 0 aromatic rings. The first kappa shape index (κ1) is 21.8. The van der Waals surface area contributed by atoms with Crippen LogP contribution in [0.4, 0.5) is 0 Å². The maximum Gasteiger partial charge on any atom is 0.326 e. The Bertz CT molecular complexity index is 469. The summed E-state index contributed by atoms with van der Waals surface area (Å²) in [6.45, 7) is 2.84. The van der Waals surface area contributed by atoms with E-state index in [1.54, 1.807) is 6.92 Å². The monoisotopic (exact) mass is 347 g/mol. The molecular weight excluding hydrogens is 322 g/mol. The van der Waals surface area contributed by atoms with Crippen molar-refractivity contribution in [1.82, 2.24) is 10.6 Å². The Kier molecular flexibility index (Phi) is 9.58. The van der Waals surface area contributed by atoms with Crippen LogP contribution in [0.5, 0.6) is 0 Å². The summed E-state index contributed by atoms with van der Waals surface area (Å²) in [5.74, 6) is -4.34. The number of carboxylic acids is 2. The number of carbonyl (C=O) groups is 4. The Labute approximate surface area is 139 Å². The third-order valence-electron chi connectivity index (χ3n) is 3.64. The number of carboxylic acid groups (broad SMARTS) is 2. The number of nitrogens with one attached hydrogen (secondary N) is 2. The van der Waals surface area contributed by atoms with E-state index >= 15 is 0 Å². The van der Waals surface area contributed by atoms with Gasteiger partial charge in [-0.05, 0) is 12.3 Å². The van der Waals surface area contributed by atoms with Gasteiger partial charge in [-0.2, -0.15) is 0 Å². The van der Waals surface area contributed by atoms with E-state index < -0.39 is 54.9 Å². The first-order valence-corrected chi connectivity index (χ1v) is 7.55. The third kappa shape index (κ3) is 7.38. The fourth-order valence-corrected chi connectivity index (χ4v) is 1.77. The Morgan fingerprint density at radius 1 is 1.04 bits per heavy atom. The molecule has 0 bridgehead atoms. The fraction of sp³-hybridized carbons (Fsp3) is 0.714. The lowest BCUT2D eigenvalue weighted by Gasteiger charge is -2.23. The van der Waals surface area contributed by atoms with Gasteiger partial charge in [-0.25, -0.2) is 4.79 Å². The van der Waals surface area contributed by atoms with E-state index in [1.807, 2.05) is 6.92 Å². The van der Waals surface area contributed by atoms with Crippen molar-refractivity contribution in [2.45, 2.75) is 51.2 Å². The van der Waals surface area contributed by atoms with Gasteiger partial charge < -0.3 is 31.7 Å². The highest BCUT2D eigenvalue weighted by Crippen LogP contribution is 2.05. The standard InChI is InChI=1S/C14H25N3O7/c1-3-7(2)11(15)13(22)17-9(6-18)12(21)16-8(14(23)24)4-5-10(19)20/h7-9,11,18H,3-6,15H2,1-2H3,(H,16,21)(H,17,22)(H,19,20)(H,23,24)/t7-,8-,9-,11-/m0/s1. The average molecular weight is 347 g/mol. The van der Waals surface area contributed by atoms with Crippen molar-refractivity contribution >= 4 is 23.8 Å². The molecule has 0 unspecified atom stereocenters. The second-order valence-electron chi connectivity index (χ2n) is 5.49. The summed E-state index contributed by atoms with van der Waals surface area (Å²) in [7, 11) is 0. The Balaban J connectivity index is 4.79. The number of hydrogen-bond acceptors (Lipinski definition) is 6. The predicted octanol–water partition coefficient (Wildman–Crippen LogP) is -1.73. The molecule has 24 heavy (non-hydrogen) atoms. The SMILES string of the molecule is CC[C@H](C)[C@H](N)C(=O)N[C@@H](CO)C(=O)N[C@@H](CCC(=O)O)C(=O)O. The molecular formula is C14H25N3O7. The van der Waals surface area contributed by atoms with Crippen LogP contribution in [0.3, 0.4) is 0 Å². The summed E-state index contributed by atoms with van der Waals surface area (Å²) in [4.78, 5) is 45.5. The van der Waals surface area contributed by atoms with Gasteiger partial charge in [0, 0.05) is 6.42 Å². The number of nitrogens with two attached hydrogens (primary N) is 1. The van der Waals surface area contributed by atoms with E-state index in [1.165, 1.54) is 0 Å². The molecule has 0 spiro atoms. The zero-order valence-corrected chi connectivity index (χ0v) is 13.7. The van der Waals surface area contributed by atoms with Gasteiger partial charge in [0.1, 0.15) is 12.1 Å². The van der Waals surface area contributed by atoms with Crippen LogP contribution in [-0.2, 0) is 19.2 Å². The molecule has 2 amide bonds. The van der Waals surface area contributed by atoms with Crippen molar-refractivity contribution in [1.29, 1.82) is 0 Å². The fourth-order valence-electron chi connectivity index (χ4n) is 1.77. The van der Waals surface area contributed by atoms with Crippen molar-refractivity contribution in [3.05, 3.63) is 0 Å². The molecule has 0 saturated heterocycles. The Morgan fingerprint density at radius 3 is 2.00 bits per heavy atom. The second kappa shape index (κ2) is 10.6. The zero-order valence-electron chi connectivity index (χ0n) is 13.7. The highest BCUT2D eigenvalue weighted by Gasteiger charge is 2.28. The molecule has 10 heteroatoms. The minimum atomic E-state index is -1.44. The zero-order chi connectivity index (χ0) is 18.9. The van der Waals surface area contributed by atoms with Gasteiger partial charge in [0.2, 0.25) is 11.8 Å². The van der Waals surface area contributed by atoms with Crippen molar-refractivity contribution in [3.63, 3.8) is 0 Å². The van der Waals surface area contributed by atoms with Crippen molar-refractivity contribution in [2.75, 3.05) is 6.61 Å². The van der Waals surface area contributed by atoms with Gasteiger partial charge in [0.25, 0.3) is 0 Å². The number of aliphatic hydroxyl groups excluding tert-OH is 1. The number of carbonyl (C=O) groups excluding carboxylic acids is 2. The first-order chi connectivity index (χ1) is 11.1. The van der Waals surface area contributed by atoms with Gasteiger partial charge in [-0.3, -0.25) is 14.4 Å². The molecule has 0 heterocycles. The van der Waals surface area contributed by atoms with Crippen molar-refractivity contribution in [3.8, 4) is 0 Å². The van der Waals surface area contributed by atoms with E-state index in [0.29, 0.717) is 6.42 Å². The topological polar surface area (TPSA) is 179 Å². The van der Waals surface area contributed by atoms with E-state index in [4.69, 9.17) is 15.9 Å². The molecule has 0 radical (unpaired) electrons. The number of hydrogen-bond donors (Lipinski definition) is 6. The molecule has 0 fully saturated rings. The normalized spacial score (nSPS) is 15.7. The van der Waals surface area contributed by atoms with Crippen molar-refractivity contribution in [2.24, 2.45) is 11.7 Å². The molecule has 0 saturated carbocycles. The molecule has 0 rings (SSSR count). The molecule has 0 aliphatic heterocycles. The molecule has 7 N–H and O–H groups in total. The quantitative estimate of drug-likeness (QED) is 0.255.